The van der Waals surface area contributed by atoms with Crippen molar-refractivity contribution in [2.45, 2.75) is 13.3 Å². The summed E-state index contributed by atoms with van der Waals surface area (Å²) >= 11 is 5.89. The fourth-order valence-electron chi connectivity index (χ4n) is 1.79. The van der Waals surface area contributed by atoms with Crippen LogP contribution < -0.4 is 0 Å². The third kappa shape index (κ3) is 2.44. The van der Waals surface area contributed by atoms with E-state index in [2.05, 4.69) is 0 Å². The van der Waals surface area contributed by atoms with E-state index < -0.39 is 5.82 Å². The summed E-state index contributed by atoms with van der Waals surface area (Å²) in [6, 6.07) is 11.4. The van der Waals surface area contributed by atoms with E-state index in [-0.39, 0.29) is 16.4 Å². The van der Waals surface area contributed by atoms with Gasteiger partial charge in [0.25, 0.3) is 0 Å². The first kappa shape index (κ1) is 12.8. The Balaban J connectivity index is 2.48. The number of carbonyl (C=O) groups excluding carboxylic acids is 1. The fraction of sp³-hybridized carbons (Fsp3) is 0.133. The summed E-state index contributed by atoms with van der Waals surface area (Å²) in [6.45, 7) is 2.00. The van der Waals surface area contributed by atoms with E-state index in [1.165, 1.54) is 18.2 Å². The maximum atomic E-state index is 13.7. The highest BCUT2D eigenvalue weighted by Gasteiger charge is 2.17. The summed E-state index contributed by atoms with van der Waals surface area (Å²) < 4.78 is 13.7. The largest absolute Gasteiger partial charge is 0.288 e. The van der Waals surface area contributed by atoms with Crippen molar-refractivity contribution in [2.75, 3.05) is 0 Å². The van der Waals surface area contributed by atoms with Gasteiger partial charge in [-0.2, -0.15) is 0 Å². The molecule has 0 aliphatic heterocycles. The second kappa shape index (κ2) is 5.32. The summed E-state index contributed by atoms with van der Waals surface area (Å²) in [6.07, 6.45) is 0.826. The molecule has 0 fully saturated rings. The third-order valence-corrected chi connectivity index (χ3v) is 3.10. The maximum absolute atomic E-state index is 13.7. The van der Waals surface area contributed by atoms with Gasteiger partial charge in [0.2, 0.25) is 0 Å². The van der Waals surface area contributed by atoms with Crippen LogP contribution in [-0.4, -0.2) is 5.78 Å². The highest BCUT2D eigenvalue weighted by molar-refractivity contribution is 6.35. The van der Waals surface area contributed by atoms with Gasteiger partial charge < -0.3 is 0 Å². The van der Waals surface area contributed by atoms with Crippen molar-refractivity contribution in [1.29, 1.82) is 0 Å². The molecule has 18 heavy (non-hydrogen) atoms. The molecule has 0 spiro atoms. The quantitative estimate of drug-likeness (QED) is 0.755. The van der Waals surface area contributed by atoms with Crippen molar-refractivity contribution in [3.05, 3.63) is 70.0 Å². The standard InChI is InChI=1S/C15H12ClFO/c1-2-10-5-3-6-11(9-10)15(18)14-12(16)7-4-8-13(14)17/h3-9H,2H2,1H3. The molecule has 2 aromatic carbocycles. The monoisotopic (exact) mass is 262 g/mol. The SMILES string of the molecule is CCc1cccc(C(=O)c2c(F)cccc2Cl)c1. The molecule has 0 unspecified atom stereocenters. The molecule has 0 saturated heterocycles. The highest BCUT2D eigenvalue weighted by Crippen LogP contribution is 2.22. The number of aryl methyl sites for hydroxylation is 1. The molecule has 0 bridgehead atoms. The van der Waals surface area contributed by atoms with Gasteiger partial charge in [-0.1, -0.05) is 42.8 Å². The molecule has 92 valence electrons. The van der Waals surface area contributed by atoms with Gasteiger partial charge in [-0.05, 0) is 30.2 Å². The van der Waals surface area contributed by atoms with Crippen molar-refractivity contribution < 1.29 is 9.18 Å². The Labute approximate surface area is 110 Å². The van der Waals surface area contributed by atoms with E-state index in [9.17, 15) is 9.18 Å². The number of ketones is 1. The van der Waals surface area contributed by atoms with Crippen LogP contribution in [0.5, 0.6) is 0 Å². The van der Waals surface area contributed by atoms with E-state index in [4.69, 9.17) is 11.6 Å². The van der Waals surface area contributed by atoms with Gasteiger partial charge in [-0.15, -0.1) is 0 Å². The number of benzene rings is 2. The second-order valence-corrected chi connectivity index (χ2v) is 4.39. The van der Waals surface area contributed by atoms with E-state index in [0.717, 1.165) is 12.0 Å². The van der Waals surface area contributed by atoms with Gasteiger partial charge in [0.1, 0.15) is 5.82 Å². The predicted octanol–water partition coefficient (Wildman–Crippen LogP) is 4.27. The molecule has 0 N–H and O–H groups in total. The Morgan fingerprint density at radius 3 is 2.61 bits per heavy atom. The van der Waals surface area contributed by atoms with Crippen LogP contribution in [0.2, 0.25) is 5.02 Å². The van der Waals surface area contributed by atoms with E-state index in [1.54, 1.807) is 18.2 Å². The minimum atomic E-state index is -0.589. The highest BCUT2D eigenvalue weighted by atomic mass is 35.5. The van der Waals surface area contributed by atoms with Gasteiger partial charge >= 0.3 is 0 Å². The van der Waals surface area contributed by atoms with E-state index >= 15 is 0 Å². The van der Waals surface area contributed by atoms with Crippen molar-refractivity contribution in [2.24, 2.45) is 0 Å². The third-order valence-electron chi connectivity index (χ3n) is 2.79. The van der Waals surface area contributed by atoms with E-state index in [0.29, 0.717) is 5.56 Å². The van der Waals surface area contributed by atoms with Crippen LogP contribution in [0.15, 0.2) is 42.5 Å². The first-order chi connectivity index (χ1) is 8.63. The lowest BCUT2D eigenvalue weighted by Gasteiger charge is -2.06. The molecule has 0 aliphatic rings. The Hall–Kier alpha value is -1.67. The molecule has 0 radical (unpaired) electrons. The van der Waals surface area contributed by atoms with Gasteiger partial charge in [0, 0.05) is 5.56 Å². The zero-order chi connectivity index (χ0) is 13.1. The van der Waals surface area contributed by atoms with Crippen LogP contribution >= 0.6 is 11.6 Å². The molecule has 3 heteroatoms. The Morgan fingerprint density at radius 1 is 1.22 bits per heavy atom. The van der Waals surface area contributed by atoms with Crippen molar-refractivity contribution >= 4 is 17.4 Å². The molecule has 2 aromatic rings. The van der Waals surface area contributed by atoms with Crippen LogP contribution in [0.25, 0.3) is 0 Å². The van der Waals surface area contributed by atoms with Gasteiger partial charge in [-0.25, -0.2) is 4.39 Å². The molecular weight excluding hydrogens is 251 g/mol. The Morgan fingerprint density at radius 2 is 1.94 bits per heavy atom. The zero-order valence-corrected chi connectivity index (χ0v) is 10.7. The lowest BCUT2D eigenvalue weighted by Crippen LogP contribution is -2.05. The predicted molar refractivity (Wildman–Crippen MR) is 70.7 cm³/mol. The summed E-state index contributed by atoms with van der Waals surface area (Å²) in [5, 5.41) is 0.141. The van der Waals surface area contributed by atoms with Crippen LogP contribution in [0.1, 0.15) is 28.4 Å². The topological polar surface area (TPSA) is 17.1 Å². The Bertz CT molecular complexity index is 573. The lowest BCUT2D eigenvalue weighted by molar-refractivity contribution is 0.103. The summed E-state index contributed by atoms with van der Waals surface area (Å²) in [5.74, 6) is -0.970. The molecule has 1 nitrogen and oxygen atoms in total. The molecule has 0 aromatic heterocycles. The second-order valence-electron chi connectivity index (χ2n) is 3.98. The van der Waals surface area contributed by atoms with Crippen LogP contribution in [0.3, 0.4) is 0 Å². The normalized spacial score (nSPS) is 10.4. The maximum Gasteiger partial charge on any atom is 0.197 e. The Kier molecular flexibility index (Phi) is 3.78. The number of carbonyl (C=O) groups is 1. The fourth-order valence-corrected chi connectivity index (χ4v) is 2.04. The van der Waals surface area contributed by atoms with Gasteiger partial charge in [0.05, 0.1) is 10.6 Å². The first-order valence-electron chi connectivity index (χ1n) is 5.71. The van der Waals surface area contributed by atoms with Gasteiger partial charge in [-0.3, -0.25) is 4.79 Å². The van der Waals surface area contributed by atoms with Crippen molar-refractivity contribution in [3.63, 3.8) is 0 Å². The lowest BCUT2D eigenvalue weighted by atomic mass is 10.00. The molecule has 2 rings (SSSR count). The molecule has 0 aliphatic carbocycles. The first-order valence-corrected chi connectivity index (χ1v) is 6.09. The molecule has 0 saturated carbocycles. The number of hydrogen-bond acceptors (Lipinski definition) is 1. The smallest absolute Gasteiger partial charge is 0.197 e. The number of rotatable bonds is 3. The summed E-state index contributed by atoms with van der Waals surface area (Å²) in [5.41, 5.74) is 1.43. The number of hydrogen-bond donors (Lipinski definition) is 0. The minimum Gasteiger partial charge on any atom is -0.288 e. The molecule has 0 amide bonds. The van der Waals surface area contributed by atoms with E-state index in [1.807, 2.05) is 13.0 Å². The summed E-state index contributed by atoms with van der Waals surface area (Å²) in [7, 11) is 0. The number of halogens is 2. The van der Waals surface area contributed by atoms with Gasteiger partial charge in [0.15, 0.2) is 5.78 Å². The average Bonchev–Trinajstić information content (AvgIpc) is 2.38. The molecule has 0 atom stereocenters. The van der Waals surface area contributed by atoms with Crippen molar-refractivity contribution in [1.82, 2.24) is 0 Å². The van der Waals surface area contributed by atoms with Crippen LogP contribution in [-0.2, 0) is 6.42 Å². The molecular formula is C15H12ClFO. The zero-order valence-electron chi connectivity index (χ0n) is 9.91. The molecule has 0 heterocycles. The summed E-state index contributed by atoms with van der Waals surface area (Å²) in [4.78, 5) is 12.2. The minimum absolute atomic E-state index is 0.0626. The van der Waals surface area contributed by atoms with Crippen molar-refractivity contribution in [3.8, 4) is 0 Å². The average molecular weight is 263 g/mol. The van der Waals surface area contributed by atoms with Crippen LogP contribution in [0, 0.1) is 5.82 Å². The van der Waals surface area contributed by atoms with Crippen LogP contribution in [0.4, 0.5) is 4.39 Å².